The van der Waals surface area contributed by atoms with E-state index in [-0.39, 0.29) is 89.6 Å². The number of hydrogen-bond acceptors (Lipinski definition) is 4. The minimum atomic E-state index is 0. The van der Waals surface area contributed by atoms with E-state index in [1.54, 1.807) is 0 Å². The summed E-state index contributed by atoms with van der Waals surface area (Å²) in [5.41, 5.74) is 9.31. The molecule has 0 aromatic rings. The summed E-state index contributed by atoms with van der Waals surface area (Å²) in [6.07, 6.45) is 0. The van der Waals surface area contributed by atoms with Crippen LogP contribution in [0.3, 0.4) is 0 Å². The van der Waals surface area contributed by atoms with Gasteiger partial charge in [0.1, 0.15) is 0 Å². The molecule has 0 spiro atoms. The van der Waals surface area contributed by atoms with Crippen LogP contribution in [-0.4, -0.2) is 8.64 Å². The Morgan fingerprint density at radius 3 is 1.00 bits per heavy atom. The second kappa shape index (κ2) is 17.8. The Bertz CT molecular complexity index is 79.3. The van der Waals surface area contributed by atoms with Crippen LogP contribution in [0, 0.1) is 0 Å². The molecule has 0 heterocycles. The Hall–Kier alpha value is 2.86. The van der Waals surface area contributed by atoms with Crippen molar-refractivity contribution in [2.24, 2.45) is 11.5 Å². The fraction of sp³-hybridized carbons (Fsp3) is 0. The first kappa shape index (κ1) is 23.0. The van der Waals surface area contributed by atoms with Crippen molar-refractivity contribution in [2.45, 2.75) is 0 Å². The van der Waals surface area contributed by atoms with Gasteiger partial charge in [-0.2, -0.15) is 0 Å². The van der Waals surface area contributed by atoms with Gasteiger partial charge in [-0.05, 0) is 0 Å². The van der Waals surface area contributed by atoms with E-state index in [1.165, 1.54) is 0 Å². The van der Waals surface area contributed by atoms with Crippen molar-refractivity contribution < 1.29 is 80.9 Å². The van der Waals surface area contributed by atoms with Crippen LogP contribution in [0.2, 0.25) is 0 Å². The van der Waals surface area contributed by atoms with E-state index in [1.807, 2.05) is 0 Å². The fourth-order valence-electron chi connectivity index (χ4n) is 0. The quantitative estimate of drug-likeness (QED) is 0.252. The maximum absolute atomic E-state index is 4.66. The molecule has 2 nitrogen and oxygen atoms in total. The molecule has 0 aliphatic rings. The summed E-state index contributed by atoms with van der Waals surface area (Å²) in [7, 11) is 0. The average molecular weight is 246 g/mol. The molecular weight excluding hydrogens is 242 g/mol. The van der Waals surface area contributed by atoms with Crippen LogP contribution in [0.4, 0.5) is 0 Å². The molecule has 0 aromatic heterocycles. The van der Waals surface area contributed by atoms with E-state index in [9.17, 15) is 0 Å². The minimum absolute atomic E-state index is 0. The molecule has 0 saturated carbocycles. The molecule has 8 heteroatoms. The molecule has 0 aromatic carbocycles. The van der Waals surface area contributed by atoms with Gasteiger partial charge in [0.15, 0.2) is 0 Å². The van der Waals surface area contributed by atoms with Crippen molar-refractivity contribution in [3.8, 4) is 0 Å². The van der Waals surface area contributed by atoms with Gasteiger partial charge in [-0.1, -0.05) is 8.64 Å². The SMILES string of the molecule is NC(=S)[S-].NC(=S)[S-].[K+].[Na+]. The van der Waals surface area contributed by atoms with E-state index in [0.29, 0.717) is 0 Å². The van der Waals surface area contributed by atoms with Crippen LogP contribution in [-0.2, 0) is 25.3 Å². The van der Waals surface area contributed by atoms with Gasteiger partial charge < -0.3 is 61.2 Å². The monoisotopic (exact) mass is 246 g/mol. The molecule has 0 bridgehead atoms. The normalized spacial score (nSPS) is 4.80. The average Bonchev–Trinajstić information content (AvgIpc) is 1.25. The second-order valence-electron chi connectivity index (χ2n) is 0.638. The predicted molar refractivity (Wildman–Crippen MR) is 48.3 cm³/mol. The van der Waals surface area contributed by atoms with Gasteiger partial charge in [0, 0.05) is 0 Å². The summed E-state index contributed by atoms with van der Waals surface area (Å²) in [6, 6.07) is 0. The Morgan fingerprint density at radius 1 is 1.00 bits per heavy atom. The number of rotatable bonds is 0. The summed E-state index contributed by atoms with van der Waals surface area (Å²) >= 11 is 16.5. The maximum Gasteiger partial charge on any atom is 1.00 e. The number of nitrogens with two attached hydrogens (primary N) is 2. The Morgan fingerprint density at radius 2 is 1.00 bits per heavy atom. The van der Waals surface area contributed by atoms with Crippen LogP contribution in [0.5, 0.6) is 0 Å². The molecule has 0 fully saturated rings. The second-order valence-corrected chi connectivity index (χ2v) is 2.91. The summed E-state index contributed by atoms with van der Waals surface area (Å²) in [4.78, 5) is 0. The zero-order chi connectivity index (χ0) is 7.15. The summed E-state index contributed by atoms with van der Waals surface area (Å²) in [6.45, 7) is 0. The van der Waals surface area contributed by atoms with Crippen molar-refractivity contribution in [1.82, 2.24) is 0 Å². The molecule has 4 N–H and O–H groups in total. The van der Waals surface area contributed by atoms with E-state index < -0.39 is 0 Å². The van der Waals surface area contributed by atoms with Gasteiger partial charge in [-0.25, -0.2) is 0 Å². The smallest absolute Gasteiger partial charge is 0.415 e. The van der Waals surface area contributed by atoms with Gasteiger partial charge in [-0.3, -0.25) is 0 Å². The van der Waals surface area contributed by atoms with Crippen molar-refractivity contribution >= 4 is 58.3 Å². The number of thiocarbonyl (C=S) groups is 2. The third-order valence-electron chi connectivity index (χ3n) is 0. The van der Waals surface area contributed by atoms with Crippen LogP contribution < -0.4 is 92.4 Å². The van der Waals surface area contributed by atoms with E-state index in [0.717, 1.165) is 0 Å². The van der Waals surface area contributed by atoms with Crippen molar-refractivity contribution in [2.75, 3.05) is 0 Å². The fourth-order valence-corrected chi connectivity index (χ4v) is 0. The largest absolute Gasteiger partial charge is 1.00 e. The van der Waals surface area contributed by atoms with Crippen LogP contribution >= 0.6 is 24.4 Å². The zero-order valence-corrected chi connectivity index (χ0v) is 14.2. The molecule has 10 heavy (non-hydrogen) atoms. The Balaban J connectivity index is -0.0000000300. The Kier molecular flexibility index (Phi) is 41.1. The van der Waals surface area contributed by atoms with Crippen molar-refractivity contribution in [1.29, 1.82) is 0 Å². The van der Waals surface area contributed by atoms with Gasteiger partial charge in [-0.15, -0.1) is 0 Å². The molecule has 0 unspecified atom stereocenters. The summed E-state index contributed by atoms with van der Waals surface area (Å²) in [5, 5.41) is 0. The summed E-state index contributed by atoms with van der Waals surface area (Å²) in [5.74, 6) is 0. The number of hydrogen-bond donors (Lipinski definition) is 2. The molecule has 48 valence electrons. The maximum atomic E-state index is 4.66. The zero-order valence-electron chi connectivity index (χ0n) is 5.79. The summed E-state index contributed by atoms with van der Waals surface area (Å²) < 4.78 is 0.167. The Labute approximate surface area is 147 Å². The topological polar surface area (TPSA) is 52.0 Å². The molecular formula is C2H4KN2NaS4. The van der Waals surface area contributed by atoms with Crippen molar-refractivity contribution in [3.05, 3.63) is 0 Å². The first-order valence-electron chi connectivity index (χ1n) is 1.39. The van der Waals surface area contributed by atoms with Gasteiger partial charge in [0.2, 0.25) is 0 Å². The molecule has 0 amide bonds. The predicted octanol–water partition coefficient (Wildman–Crippen LogP) is -6.44. The first-order valence-corrected chi connectivity index (χ1v) is 3.03. The standard InChI is InChI=1S/2CH3NS2.K.Na/c2*2-1(3)4;;/h2*(H3,2,3,4);;/q;;2*+1/p-2. The van der Waals surface area contributed by atoms with Crippen molar-refractivity contribution in [3.63, 3.8) is 0 Å². The van der Waals surface area contributed by atoms with Gasteiger partial charge in [0.05, 0.1) is 0 Å². The van der Waals surface area contributed by atoms with Crippen LogP contribution in [0.1, 0.15) is 0 Å². The molecule has 0 saturated heterocycles. The van der Waals surface area contributed by atoms with E-state index in [4.69, 9.17) is 0 Å². The molecule has 0 aliphatic carbocycles. The molecule has 0 rings (SSSR count). The van der Waals surface area contributed by atoms with Crippen LogP contribution in [0.25, 0.3) is 0 Å². The first-order chi connectivity index (χ1) is 3.46. The van der Waals surface area contributed by atoms with E-state index >= 15 is 0 Å². The minimum Gasteiger partial charge on any atom is -0.415 e. The third-order valence-corrected chi connectivity index (χ3v) is 0. The van der Waals surface area contributed by atoms with Crippen LogP contribution in [0.15, 0.2) is 0 Å². The molecule has 0 radical (unpaired) electrons. The van der Waals surface area contributed by atoms with Gasteiger partial charge >= 0.3 is 80.9 Å². The molecule has 0 aliphatic heterocycles. The molecule has 0 atom stereocenters. The van der Waals surface area contributed by atoms with Gasteiger partial charge in [0.25, 0.3) is 0 Å². The third kappa shape index (κ3) is 129. The van der Waals surface area contributed by atoms with E-state index in [2.05, 4.69) is 61.2 Å².